The lowest BCUT2D eigenvalue weighted by molar-refractivity contribution is -0.122. The number of nitrogens with zero attached hydrogens (tertiary/aromatic N) is 1. The van der Waals surface area contributed by atoms with Crippen LogP contribution in [0.3, 0.4) is 0 Å². The Kier molecular flexibility index (Phi) is 8.98. The third-order valence-electron chi connectivity index (χ3n) is 8.15. The van der Waals surface area contributed by atoms with E-state index in [0.717, 1.165) is 50.9 Å². The van der Waals surface area contributed by atoms with Gasteiger partial charge in [0.05, 0.1) is 13.7 Å². The van der Waals surface area contributed by atoms with Gasteiger partial charge in [-0.05, 0) is 79.2 Å². The number of methoxy groups -OCH3 is 1. The van der Waals surface area contributed by atoms with Gasteiger partial charge in [-0.25, -0.2) is 13.6 Å². The van der Waals surface area contributed by atoms with Crippen molar-refractivity contribution in [1.29, 1.82) is 0 Å². The number of piperidine rings is 1. The van der Waals surface area contributed by atoms with Crippen molar-refractivity contribution in [2.75, 3.05) is 26.8 Å². The number of halogens is 2. The summed E-state index contributed by atoms with van der Waals surface area (Å²) in [5.41, 5.74) is 1.89. The smallest absolute Gasteiger partial charge is 0.341 e. The summed E-state index contributed by atoms with van der Waals surface area (Å²) in [6, 6.07) is 16.7. The molecule has 0 radical (unpaired) electrons. The van der Waals surface area contributed by atoms with E-state index in [-0.39, 0.29) is 35.4 Å². The summed E-state index contributed by atoms with van der Waals surface area (Å²) in [7, 11) is 1.16. The Bertz CT molecular complexity index is 1390. The first-order valence-electron chi connectivity index (χ1n) is 14.2. The molecule has 3 aromatic carbocycles. The summed E-state index contributed by atoms with van der Waals surface area (Å²) in [5, 5.41) is 2.81. The van der Waals surface area contributed by atoms with Crippen LogP contribution in [0.15, 0.2) is 60.7 Å². The van der Waals surface area contributed by atoms with E-state index in [1.54, 1.807) is 6.07 Å². The highest BCUT2D eigenvalue weighted by Crippen LogP contribution is 2.39. The summed E-state index contributed by atoms with van der Waals surface area (Å²) in [6.45, 7) is 6.06. The summed E-state index contributed by atoms with van der Waals surface area (Å²) in [5.74, 6) is -0.687. The average Bonchev–Trinajstić information content (AvgIpc) is 3.76. The maximum absolute atomic E-state index is 14.9. The molecule has 0 aromatic heterocycles. The standard InChI is InChI=1S/C33H36F2N2O4/c1-21-12-14-37(15-13-21)19-22-6-10-26(11-7-22)41-20-25-16-28(25)32(38)36-18-24-9-8-23(17-30(24)35)27-4-3-5-29(34)31(27)33(39)40-2/h3-11,17,21,25,28H,12-16,18-20H2,1-2H3,(H,36,38). The van der Waals surface area contributed by atoms with Crippen LogP contribution in [0.1, 0.15) is 47.7 Å². The molecular formula is C33H36F2N2O4. The van der Waals surface area contributed by atoms with Gasteiger partial charge in [0.25, 0.3) is 0 Å². The van der Waals surface area contributed by atoms with Gasteiger partial charge in [-0.15, -0.1) is 0 Å². The minimum atomic E-state index is -0.836. The Labute approximate surface area is 239 Å². The minimum Gasteiger partial charge on any atom is -0.493 e. The Balaban J connectivity index is 1.08. The third kappa shape index (κ3) is 7.11. The van der Waals surface area contributed by atoms with Gasteiger partial charge in [-0.3, -0.25) is 9.69 Å². The molecule has 2 atom stereocenters. The van der Waals surface area contributed by atoms with E-state index in [2.05, 4.69) is 34.0 Å². The van der Waals surface area contributed by atoms with E-state index < -0.39 is 17.6 Å². The van der Waals surface area contributed by atoms with Gasteiger partial charge in [0.1, 0.15) is 22.9 Å². The first-order chi connectivity index (χ1) is 19.8. The van der Waals surface area contributed by atoms with E-state index >= 15 is 0 Å². The second-order valence-electron chi connectivity index (χ2n) is 11.2. The van der Waals surface area contributed by atoms with Crippen molar-refractivity contribution in [3.8, 4) is 16.9 Å². The lowest BCUT2D eigenvalue weighted by atomic mass is 9.98. The zero-order chi connectivity index (χ0) is 28.9. The molecule has 8 heteroatoms. The normalized spacial score (nSPS) is 19.0. The molecule has 2 fully saturated rings. The molecule has 2 unspecified atom stereocenters. The van der Waals surface area contributed by atoms with Gasteiger partial charge in [0.15, 0.2) is 0 Å². The zero-order valence-electron chi connectivity index (χ0n) is 23.5. The first-order valence-corrected chi connectivity index (χ1v) is 14.2. The highest BCUT2D eigenvalue weighted by molar-refractivity contribution is 5.97. The molecule has 1 saturated heterocycles. The van der Waals surface area contributed by atoms with Crippen molar-refractivity contribution in [2.45, 2.75) is 39.3 Å². The van der Waals surface area contributed by atoms with Crippen LogP contribution in [0.25, 0.3) is 11.1 Å². The van der Waals surface area contributed by atoms with Crippen LogP contribution in [-0.4, -0.2) is 43.6 Å². The van der Waals surface area contributed by atoms with Crippen LogP contribution in [0, 0.1) is 29.4 Å². The molecule has 5 rings (SSSR count). The van der Waals surface area contributed by atoms with Crippen LogP contribution in [0.2, 0.25) is 0 Å². The van der Waals surface area contributed by atoms with E-state index in [9.17, 15) is 18.4 Å². The Morgan fingerprint density at radius 3 is 2.46 bits per heavy atom. The molecule has 1 saturated carbocycles. The number of likely N-dealkylation sites (tertiary alicyclic amines) is 1. The number of hydrogen-bond acceptors (Lipinski definition) is 5. The maximum Gasteiger partial charge on any atom is 0.341 e. The number of hydrogen-bond donors (Lipinski definition) is 1. The highest BCUT2D eigenvalue weighted by Gasteiger charge is 2.43. The van der Waals surface area contributed by atoms with Crippen LogP contribution in [0.4, 0.5) is 8.78 Å². The second kappa shape index (κ2) is 12.8. The zero-order valence-corrected chi connectivity index (χ0v) is 23.5. The Hall–Kier alpha value is -3.78. The van der Waals surface area contributed by atoms with Crippen LogP contribution in [-0.2, 0) is 22.6 Å². The highest BCUT2D eigenvalue weighted by atomic mass is 19.1. The predicted octanol–water partition coefficient (Wildman–Crippen LogP) is 5.98. The second-order valence-corrected chi connectivity index (χ2v) is 11.2. The number of rotatable bonds is 10. The summed E-state index contributed by atoms with van der Waals surface area (Å²) >= 11 is 0. The van der Waals surface area contributed by atoms with Crippen LogP contribution >= 0.6 is 0 Å². The maximum atomic E-state index is 14.9. The quantitative estimate of drug-likeness (QED) is 0.308. The number of esters is 1. The minimum absolute atomic E-state index is 0.0272. The number of carbonyl (C=O) groups is 2. The average molecular weight is 563 g/mol. The molecule has 2 aliphatic rings. The van der Waals surface area contributed by atoms with Gasteiger partial charge >= 0.3 is 5.97 Å². The molecule has 41 heavy (non-hydrogen) atoms. The van der Waals surface area contributed by atoms with Gasteiger partial charge in [0.2, 0.25) is 5.91 Å². The fraction of sp³-hybridized carbons (Fsp3) is 0.394. The van der Waals surface area contributed by atoms with Gasteiger partial charge in [0, 0.05) is 30.5 Å². The molecule has 1 amide bonds. The summed E-state index contributed by atoms with van der Waals surface area (Å²) in [6.07, 6.45) is 3.25. The predicted molar refractivity (Wildman–Crippen MR) is 152 cm³/mol. The molecule has 6 nitrogen and oxygen atoms in total. The summed E-state index contributed by atoms with van der Waals surface area (Å²) < 4.78 is 39.8. The molecule has 0 spiro atoms. The van der Waals surface area contributed by atoms with Crippen LogP contribution < -0.4 is 10.1 Å². The molecule has 1 heterocycles. The van der Waals surface area contributed by atoms with Gasteiger partial charge < -0.3 is 14.8 Å². The molecular weight excluding hydrogens is 526 g/mol. The fourth-order valence-electron chi connectivity index (χ4n) is 5.37. The molecule has 216 valence electrons. The number of ether oxygens (including phenoxy) is 2. The van der Waals surface area contributed by atoms with E-state index in [4.69, 9.17) is 4.74 Å². The summed E-state index contributed by atoms with van der Waals surface area (Å²) in [4.78, 5) is 27.2. The first kappa shape index (κ1) is 28.7. The molecule has 1 aliphatic heterocycles. The molecule has 3 aromatic rings. The van der Waals surface area contributed by atoms with E-state index in [0.29, 0.717) is 17.7 Å². The topological polar surface area (TPSA) is 67.9 Å². The molecule has 0 bridgehead atoms. The van der Waals surface area contributed by atoms with Crippen molar-refractivity contribution in [2.24, 2.45) is 17.8 Å². The molecule has 1 aliphatic carbocycles. The number of benzene rings is 3. The Morgan fingerprint density at radius 1 is 1.00 bits per heavy atom. The lowest BCUT2D eigenvalue weighted by Gasteiger charge is -2.30. The van der Waals surface area contributed by atoms with Crippen molar-refractivity contribution >= 4 is 11.9 Å². The van der Waals surface area contributed by atoms with Gasteiger partial charge in [-0.1, -0.05) is 43.3 Å². The van der Waals surface area contributed by atoms with Crippen LogP contribution in [0.5, 0.6) is 5.75 Å². The SMILES string of the molecule is COC(=O)c1c(F)cccc1-c1ccc(CNC(=O)C2CC2COc2ccc(CN3CCC(C)CC3)cc2)c(F)c1. The van der Waals surface area contributed by atoms with Crippen molar-refractivity contribution in [3.05, 3.63) is 89.0 Å². The molecule has 1 N–H and O–H groups in total. The largest absolute Gasteiger partial charge is 0.493 e. The van der Waals surface area contributed by atoms with Crippen molar-refractivity contribution in [1.82, 2.24) is 10.2 Å². The van der Waals surface area contributed by atoms with Crippen molar-refractivity contribution in [3.63, 3.8) is 0 Å². The van der Waals surface area contributed by atoms with E-state index in [1.165, 1.54) is 42.7 Å². The third-order valence-corrected chi connectivity index (χ3v) is 8.15. The monoisotopic (exact) mass is 562 g/mol. The van der Waals surface area contributed by atoms with Gasteiger partial charge in [-0.2, -0.15) is 0 Å². The number of amides is 1. The fourth-order valence-corrected chi connectivity index (χ4v) is 5.37. The van der Waals surface area contributed by atoms with Crippen molar-refractivity contribution < 1.29 is 27.8 Å². The van der Waals surface area contributed by atoms with E-state index in [1.807, 2.05) is 12.1 Å². The number of nitrogens with one attached hydrogen (secondary N) is 1. The lowest BCUT2D eigenvalue weighted by Crippen LogP contribution is -2.32. The Morgan fingerprint density at radius 2 is 1.76 bits per heavy atom. The number of carbonyl (C=O) groups excluding carboxylic acids is 2.